The van der Waals surface area contributed by atoms with E-state index in [2.05, 4.69) is 10.3 Å². The molecule has 1 saturated heterocycles. The van der Waals surface area contributed by atoms with E-state index in [1.165, 1.54) is 0 Å². The second-order valence-corrected chi connectivity index (χ2v) is 7.85. The first kappa shape index (κ1) is 19.6. The van der Waals surface area contributed by atoms with E-state index in [1.807, 2.05) is 7.05 Å². The Morgan fingerprint density at radius 3 is 2.48 bits per heavy atom. The maximum absolute atomic E-state index is 14.9. The predicted molar refractivity (Wildman–Crippen MR) is 106 cm³/mol. The van der Waals surface area contributed by atoms with Crippen molar-refractivity contribution in [3.63, 3.8) is 0 Å². The Kier molecular flexibility index (Phi) is 4.30. The van der Waals surface area contributed by atoms with Crippen molar-refractivity contribution in [2.24, 2.45) is 11.8 Å². The number of aromatic nitrogens is 2. The van der Waals surface area contributed by atoms with Gasteiger partial charge in [0.2, 0.25) is 5.43 Å². The molecule has 0 radical (unpaired) electrons. The molecule has 2 aliphatic rings. The zero-order chi connectivity index (χ0) is 22.0. The van der Waals surface area contributed by atoms with E-state index in [4.69, 9.17) is 0 Å². The lowest BCUT2D eigenvalue weighted by atomic mass is 10.1. The Hall–Kier alpha value is -3.40. The molecule has 1 saturated carbocycles. The SMILES string of the molecule is CNC1C2CN(c3nc4c(cc3F)c(=O)c(C(=O)O)cn4-c3ccc(F)cc3F)CC21. The Labute approximate surface area is 173 Å². The number of aromatic carboxylic acids is 1. The van der Waals surface area contributed by atoms with Gasteiger partial charge in [0.15, 0.2) is 17.3 Å². The third-order valence-electron chi connectivity index (χ3n) is 6.14. The van der Waals surface area contributed by atoms with Crippen LogP contribution in [0.25, 0.3) is 16.7 Å². The summed E-state index contributed by atoms with van der Waals surface area (Å²) in [4.78, 5) is 30.3. The average molecular weight is 430 g/mol. The van der Waals surface area contributed by atoms with Crippen LogP contribution in [0.4, 0.5) is 19.0 Å². The highest BCUT2D eigenvalue weighted by atomic mass is 19.1. The minimum Gasteiger partial charge on any atom is -0.477 e. The van der Waals surface area contributed by atoms with Crippen LogP contribution in [-0.4, -0.2) is 46.8 Å². The number of fused-ring (bicyclic) bond motifs is 2. The maximum Gasteiger partial charge on any atom is 0.341 e. The van der Waals surface area contributed by atoms with Crippen molar-refractivity contribution in [3.05, 3.63) is 63.7 Å². The summed E-state index contributed by atoms with van der Waals surface area (Å²) in [5.74, 6) is -3.37. The van der Waals surface area contributed by atoms with Crippen molar-refractivity contribution in [2.75, 3.05) is 25.0 Å². The molecule has 7 nitrogen and oxygen atoms in total. The van der Waals surface area contributed by atoms with Crippen LogP contribution in [0.15, 0.2) is 35.3 Å². The zero-order valence-electron chi connectivity index (χ0n) is 16.3. The lowest BCUT2D eigenvalue weighted by Gasteiger charge is -2.22. The lowest BCUT2D eigenvalue weighted by molar-refractivity contribution is 0.0695. The molecule has 0 bridgehead atoms. The predicted octanol–water partition coefficient (Wildman–Crippen LogP) is 2.16. The molecule has 3 heterocycles. The molecule has 2 aromatic heterocycles. The Bertz CT molecular complexity index is 1300. The van der Waals surface area contributed by atoms with Gasteiger partial charge >= 0.3 is 5.97 Å². The van der Waals surface area contributed by atoms with Crippen molar-refractivity contribution in [3.8, 4) is 5.69 Å². The number of halogens is 3. The van der Waals surface area contributed by atoms with Gasteiger partial charge in [0, 0.05) is 31.4 Å². The smallest absolute Gasteiger partial charge is 0.341 e. The van der Waals surface area contributed by atoms with Crippen LogP contribution in [0.1, 0.15) is 10.4 Å². The van der Waals surface area contributed by atoms with E-state index in [-0.39, 0.29) is 22.5 Å². The molecule has 2 fully saturated rings. The molecule has 0 spiro atoms. The van der Waals surface area contributed by atoms with Gasteiger partial charge in [-0.25, -0.2) is 22.9 Å². The Morgan fingerprint density at radius 1 is 1.16 bits per heavy atom. The molecular formula is C21H17F3N4O3. The van der Waals surface area contributed by atoms with Gasteiger partial charge in [-0.3, -0.25) is 9.36 Å². The summed E-state index contributed by atoms with van der Waals surface area (Å²) in [6.07, 6.45) is 0.927. The second-order valence-electron chi connectivity index (χ2n) is 7.85. The van der Waals surface area contributed by atoms with Gasteiger partial charge in [0.05, 0.1) is 11.1 Å². The van der Waals surface area contributed by atoms with Crippen molar-refractivity contribution >= 4 is 22.8 Å². The summed E-state index contributed by atoms with van der Waals surface area (Å²) in [5.41, 5.74) is -1.93. The summed E-state index contributed by atoms with van der Waals surface area (Å²) < 4.78 is 43.9. The van der Waals surface area contributed by atoms with Crippen molar-refractivity contribution < 1.29 is 23.1 Å². The molecule has 3 aromatic rings. The molecule has 31 heavy (non-hydrogen) atoms. The number of nitrogens with zero attached hydrogens (tertiary/aromatic N) is 3. The number of benzene rings is 1. The summed E-state index contributed by atoms with van der Waals surface area (Å²) in [6.45, 7) is 1.15. The van der Waals surface area contributed by atoms with Crippen LogP contribution < -0.4 is 15.6 Å². The number of hydrogen-bond donors (Lipinski definition) is 2. The fourth-order valence-electron chi connectivity index (χ4n) is 4.58. The number of nitrogens with one attached hydrogen (secondary N) is 1. The van der Waals surface area contributed by atoms with Crippen molar-refractivity contribution in [1.82, 2.24) is 14.9 Å². The van der Waals surface area contributed by atoms with E-state index in [1.54, 1.807) is 4.90 Å². The molecule has 10 heteroatoms. The van der Waals surface area contributed by atoms with Gasteiger partial charge in [0.25, 0.3) is 0 Å². The first-order valence-electron chi connectivity index (χ1n) is 9.67. The quantitative estimate of drug-likeness (QED) is 0.660. The van der Waals surface area contributed by atoms with E-state index in [9.17, 15) is 27.9 Å². The first-order valence-corrected chi connectivity index (χ1v) is 9.67. The van der Waals surface area contributed by atoms with Crippen LogP contribution in [0.2, 0.25) is 0 Å². The van der Waals surface area contributed by atoms with E-state index in [0.29, 0.717) is 37.0 Å². The highest BCUT2D eigenvalue weighted by molar-refractivity contribution is 5.92. The normalized spacial score (nSPS) is 22.1. The minimum atomic E-state index is -1.55. The van der Waals surface area contributed by atoms with Gasteiger partial charge < -0.3 is 15.3 Å². The number of carboxylic acids is 1. The Morgan fingerprint density at radius 2 is 1.87 bits per heavy atom. The molecule has 2 unspecified atom stereocenters. The molecule has 1 aliphatic heterocycles. The fraction of sp³-hybridized carbons (Fsp3) is 0.286. The van der Waals surface area contributed by atoms with E-state index < -0.39 is 34.4 Å². The van der Waals surface area contributed by atoms with Crippen LogP contribution in [0, 0.1) is 29.3 Å². The highest BCUT2D eigenvalue weighted by Crippen LogP contribution is 2.46. The minimum absolute atomic E-state index is 0.00768. The Balaban J connectivity index is 1.72. The van der Waals surface area contributed by atoms with Crippen LogP contribution in [-0.2, 0) is 0 Å². The summed E-state index contributed by atoms with van der Waals surface area (Å²) in [5, 5.41) is 12.3. The van der Waals surface area contributed by atoms with Gasteiger partial charge in [-0.2, -0.15) is 0 Å². The molecule has 0 amide bonds. The molecule has 2 atom stereocenters. The number of piperidine rings is 1. The third-order valence-corrected chi connectivity index (χ3v) is 6.14. The zero-order valence-corrected chi connectivity index (χ0v) is 16.3. The highest BCUT2D eigenvalue weighted by Gasteiger charge is 2.55. The monoisotopic (exact) mass is 430 g/mol. The van der Waals surface area contributed by atoms with Crippen LogP contribution in [0.3, 0.4) is 0 Å². The largest absolute Gasteiger partial charge is 0.477 e. The number of carboxylic acid groups (broad SMARTS) is 1. The second kappa shape index (κ2) is 6.81. The molecular weight excluding hydrogens is 413 g/mol. The first-order chi connectivity index (χ1) is 14.8. The summed E-state index contributed by atoms with van der Waals surface area (Å²) in [6, 6.07) is 4.05. The van der Waals surface area contributed by atoms with Gasteiger partial charge in [-0.15, -0.1) is 0 Å². The maximum atomic E-state index is 14.9. The van der Waals surface area contributed by atoms with Gasteiger partial charge in [0.1, 0.15) is 17.2 Å². The summed E-state index contributed by atoms with van der Waals surface area (Å²) in [7, 11) is 1.87. The number of hydrogen-bond acceptors (Lipinski definition) is 5. The molecule has 1 aromatic carbocycles. The topological polar surface area (TPSA) is 87.5 Å². The summed E-state index contributed by atoms with van der Waals surface area (Å²) >= 11 is 0. The number of pyridine rings is 2. The van der Waals surface area contributed by atoms with Gasteiger partial charge in [-0.1, -0.05) is 0 Å². The lowest BCUT2D eigenvalue weighted by Crippen LogP contribution is -2.31. The number of rotatable bonds is 4. The average Bonchev–Trinajstić information content (AvgIpc) is 3.19. The number of anilines is 1. The fourth-order valence-corrected chi connectivity index (χ4v) is 4.58. The third kappa shape index (κ3) is 2.97. The van der Waals surface area contributed by atoms with E-state index >= 15 is 0 Å². The molecule has 2 N–H and O–H groups in total. The van der Waals surface area contributed by atoms with Crippen LogP contribution in [0.5, 0.6) is 0 Å². The standard InChI is InChI=1S/C21H17F3N4O3/c1-25-17-11-6-27(7-12(11)17)20-15(24)5-10-18(29)13(21(30)31)8-28(19(10)26-20)16-3-2-9(22)4-14(16)23/h2-5,8,11-12,17,25H,6-7H2,1H3,(H,30,31). The van der Waals surface area contributed by atoms with E-state index in [0.717, 1.165) is 29.0 Å². The number of carbonyl (C=O) groups is 1. The van der Waals surface area contributed by atoms with Crippen molar-refractivity contribution in [1.29, 1.82) is 0 Å². The van der Waals surface area contributed by atoms with Gasteiger partial charge in [-0.05, 0) is 37.1 Å². The molecule has 160 valence electrons. The van der Waals surface area contributed by atoms with Crippen LogP contribution >= 0.6 is 0 Å². The molecule has 1 aliphatic carbocycles. The van der Waals surface area contributed by atoms with Crippen molar-refractivity contribution in [2.45, 2.75) is 6.04 Å². The molecule has 5 rings (SSSR count).